The molecule has 1 heterocycles. The third-order valence-electron chi connectivity index (χ3n) is 0.609. The van der Waals surface area contributed by atoms with Crippen LogP contribution in [-0.2, 0) is 0 Å². The SMILES string of the molecule is c1c[nH][nH]cc[nH]1. The van der Waals surface area contributed by atoms with Gasteiger partial charge in [-0.3, -0.25) is 0 Å². The van der Waals surface area contributed by atoms with Crippen molar-refractivity contribution in [2.24, 2.45) is 0 Å². The van der Waals surface area contributed by atoms with E-state index in [1.807, 2.05) is 0 Å². The first kappa shape index (κ1) is 4.05. The van der Waals surface area contributed by atoms with Crippen LogP contribution >= 0.6 is 0 Å². The largest absolute Gasteiger partial charge is 0.365 e. The number of aromatic amines is 3. The fraction of sp³-hybridized carbons (Fsp3) is 0. The topological polar surface area (TPSA) is 47.4 Å². The summed E-state index contributed by atoms with van der Waals surface area (Å²) in [6.07, 6.45) is 7.10. The molecule has 0 aliphatic heterocycles. The van der Waals surface area contributed by atoms with Crippen LogP contribution in [0.25, 0.3) is 0 Å². The molecule has 0 radical (unpaired) electrons. The van der Waals surface area contributed by atoms with Crippen LogP contribution in [0.3, 0.4) is 0 Å². The third kappa shape index (κ3) is 1.17. The minimum Gasteiger partial charge on any atom is -0.365 e. The van der Waals surface area contributed by atoms with Gasteiger partial charge in [0.25, 0.3) is 0 Å². The molecule has 0 bridgehead atoms. The predicted octanol–water partition coefficient (Wildman–Crippen LogP) is 0.795. The van der Waals surface area contributed by atoms with Gasteiger partial charge in [-0.25, -0.2) is 0 Å². The Kier molecular flexibility index (Phi) is 1.23. The van der Waals surface area contributed by atoms with E-state index in [1.54, 1.807) is 24.8 Å². The Labute approximate surface area is 41.1 Å². The summed E-state index contributed by atoms with van der Waals surface area (Å²) in [6.45, 7) is 0. The average molecular weight is 97.1 g/mol. The number of nitrogens with one attached hydrogen (secondary N) is 3. The van der Waals surface area contributed by atoms with E-state index in [9.17, 15) is 0 Å². The Balaban J connectivity index is 3.06. The van der Waals surface area contributed by atoms with Crippen LogP contribution < -0.4 is 0 Å². The summed E-state index contributed by atoms with van der Waals surface area (Å²) in [4.78, 5) is 2.86. The van der Waals surface area contributed by atoms with Crippen molar-refractivity contribution in [3.8, 4) is 0 Å². The highest BCUT2D eigenvalue weighted by Crippen LogP contribution is 1.62. The van der Waals surface area contributed by atoms with E-state index in [0.29, 0.717) is 0 Å². The van der Waals surface area contributed by atoms with E-state index in [2.05, 4.69) is 15.2 Å². The summed E-state index contributed by atoms with van der Waals surface area (Å²) in [7, 11) is 0. The first-order chi connectivity index (χ1) is 3.50. The molecular formula is C4H7N3. The highest BCUT2D eigenvalue weighted by molar-refractivity contribution is 4.65. The van der Waals surface area contributed by atoms with E-state index in [4.69, 9.17) is 0 Å². The van der Waals surface area contributed by atoms with Gasteiger partial charge in [0, 0.05) is 24.8 Å². The molecule has 3 N–H and O–H groups in total. The van der Waals surface area contributed by atoms with E-state index >= 15 is 0 Å². The normalized spacial score (nSPS) is 8.00. The fourth-order valence-corrected chi connectivity index (χ4v) is 0.331. The third-order valence-corrected chi connectivity index (χ3v) is 0.609. The molecule has 0 saturated heterocycles. The van der Waals surface area contributed by atoms with Gasteiger partial charge in [0.05, 0.1) is 0 Å². The maximum Gasteiger partial charge on any atom is 0.0338 e. The monoisotopic (exact) mass is 97.1 g/mol. The molecule has 1 rings (SSSR count). The first-order valence-electron chi connectivity index (χ1n) is 2.07. The van der Waals surface area contributed by atoms with Crippen molar-refractivity contribution in [3.63, 3.8) is 0 Å². The van der Waals surface area contributed by atoms with Crippen LogP contribution in [0.4, 0.5) is 0 Å². The standard InChI is InChI=1S/C4H7N3/c1-3-6-7-4-2-5-1/h1-7H. The first-order valence-corrected chi connectivity index (χ1v) is 2.07. The molecule has 0 amide bonds. The minimum atomic E-state index is 1.76. The molecule has 1 aromatic heterocycles. The van der Waals surface area contributed by atoms with Crippen LogP contribution in [-0.4, -0.2) is 15.2 Å². The van der Waals surface area contributed by atoms with Gasteiger partial charge in [-0.05, 0) is 0 Å². The van der Waals surface area contributed by atoms with Crippen molar-refractivity contribution >= 4 is 0 Å². The number of rotatable bonds is 0. The van der Waals surface area contributed by atoms with Gasteiger partial charge in [-0.2, -0.15) is 0 Å². The van der Waals surface area contributed by atoms with Crippen molar-refractivity contribution < 1.29 is 0 Å². The molecule has 3 nitrogen and oxygen atoms in total. The lowest BCUT2D eigenvalue weighted by Gasteiger charge is -1.64. The van der Waals surface area contributed by atoms with Crippen LogP contribution in [0.2, 0.25) is 0 Å². The smallest absolute Gasteiger partial charge is 0.0338 e. The molecule has 0 spiro atoms. The lowest BCUT2D eigenvalue weighted by Crippen LogP contribution is -1.62. The van der Waals surface area contributed by atoms with Gasteiger partial charge >= 0.3 is 0 Å². The molecule has 0 atom stereocenters. The molecule has 0 aliphatic rings. The number of hydrogen-bond acceptors (Lipinski definition) is 0. The van der Waals surface area contributed by atoms with Gasteiger partial charge in [-0.15, -0.1) is 0 Å². The predicted molar refractivity (Wildman–Crippen MR) is 27.1 cm³/mol. The van der Waals surface area contributed by atoms with Gasteiger partial charge in [0.1, 0.15) is 0 Å². The van der Waals surface area contributed by atoms with Crippen molar-refractivity contribution in [1.82, 2.24) is 15.2 Å². The Morgan fingerprint density at radius 3 is 1.86 bits per heavy atom. The number of H-pyrrole nitrogens is 3. The lowest BCUT2D eigenvalue weighted by molar-refractivity contribution is 1.05. The molecule has 38 valence electrons. The highest BCUT2D eigenvalue weighted by Gasteiger charge is 1.53. The summed E-state index contributed by atoms with van der Waals surface area (Å²) in [5.74, 6) is 0. The van der Waals surface area contributed by atoms with Gasteiger partial charge in [0.2, 0.25) is 0 Å². The number of aromatic nitrogens is 3. The summed E-state index contributed by atoms with van der Waals surface area (Å²) in [5.41, 5.74) is 0. The van der Waals surface area contributed by atoms with E-state index in [0.717, 1.165) is 0 Å². The molecule has 0 saturated carbocycles. The maximum absolute atomic E-state index is 2.86. The van der Waals surface area contributed by atoms with Gasteiger partial charge < -0.3 is 15.2 Å². The molecule has 0 unspecified atom stereocenters. The minimum absolute atomic E-state index is 1.76. The van der Waals surface area contributed by atoms with Crippen molar-refractivity contribution in [3.05, 3.63) is 24.8 Å². The van der Waals surface area contributed by atoms with E-state index in [-0.39, 0.29) is 0 Å². The number of hydrogen-bond donors (Lipinski definition) is 3. The molecule has 0 aliphatic carbocycles. The molecule has 3 heteroatoms. The van der Waals surface area contributed by atoms with Crippen molar-refractivity contribution in [2.75, 3.05) is 0 Å². The maximum atomic E-state index is 2.86. The zero-order valence-corrected chi connectivity index (χ0v) is 3.81. The Morgan fingerprint density at radius 1 is 0.714 bits per heavy atom. The average Bonchev–Trinajstić information content (AvgIpc) is 1.90. The van der Waals surface area contributed by atoms with E-state index in [1.165, 1.54) is 0 Å². The van der Waals surface area contributed by atoms with Crippen LogP contribution in [0, 0.1) is 0 Å². The van der Waals surface area contributed by atoms with Gasteiger partial charge in [0.15, 0.2) is 0 Å². The molecule has 7 heavy (non-hydrogen) atoms. The van der Waals surface area contributed by atoms with E-state index < -0.39 is 0 Å². The zero-order valence-electron chi connectivity index (χ0n) is 3.81. The Hall–Kier alpha value is -1.12. The van der Waals surface area contributed by atoms with Crippen LogP contribution in [0.15, 0.2) is 24.8 Å². The quantitative estimate of drug-likeness (QED) is 0.429. The van der Waals surface area contributed by atoms with Gasteiger partial charge in [-0.1, -0.05) is 0 Å². The summed E-state index contributed by atoms with van der Waals surface area (Å²) < 4.78 is 0. The Morgan fingerprint density at radius 2 is 1.29 bits per heavy atom. The second kappa shape index (κ2) is 2.12. The van der Waals surface area contributed by atoms with Crippen LogP contribution in [0.1, 0.15) is 0 Å². The van der Waals surface area contributed by atoms with Crippen LogP contribution in [0.5, 0.6) is 0 Å². The Bertz CT molecular complexity index is 94.9. The second-order valence-electron chi connectivity index (χ2n) is 1.12. The van der Waals surface area contributed by atoms with Crippen molar-refractivity contribution in [1.29, 1.82) is 0 Å². The lowest BCUT2D eigenvalue weighted by atomic mass is 10.9. The summed E-state index contributed by atoms with van der Waals surface area (Å²) in [5, 5.41) is 5.53. The highest BCUT2D eigenvalue weighted by atomic mass is 15.1. The van der Waals surface area contributed by atoms with Crippen molar-refractivity contribution in [2.45, 2.75) is 0 Å². The second-order valence-corrected chi connectivity index (χ2v) is 1.12. The summed E-state index contributed by atoms with van der Waals surface area (Å²) in [6, 6.07) is 0. The molecular weight excluding hydrogens is 90.1 g/mol. The molecule has 0 fully saturated rings. The molecule has 0 aromatic carbocycles. The zero-order chi connectivity index (χ0) is 4.95. The molecule has 1 aromatic rings. The summed E-state index contributed by atoms with van der Waals surface area (Å²) >= 11 is 0. The fourth-order valence-electron chi connectivity index (χ4n) is 0.331.